The molecule has 14 heavy (non-hydrogen) atoms. The summed E-state index contributed by atoms with van der Waals surface area (Å²) in [6.45, 7) is 3.60. The van der Waals surface area contributed by atoms with E-state index in [-0.39, 0.29) is 6.10 Å². The molecule has 1 saturated heterocycles. The monoisotopic (exact) mass is 312 g/mol. The summed E-state index contributed by atoms with van der Waals surface area (Å²) in [5, 5.41) is 19.2. The predicted molar refractivity (Wildman–Crippen MR) is 57.9 cm³/mol. The van der Waals surface area contributed by atoms with Crippen molar-refractivity contribution in [1.82, 2.24) is 0 Å². The molecule has 0 spiro atoms. The highest BCUT2D eigenvalue weighted by Gasteiger charge is 2.49. The maximum absolute atomic E-state index is 9.69. The first-order valence-electron chi connectivity index (χ1n) is 4.50. The van der Waals surface area contributed by atoms with Gasteiger partial charge in [0.1, 0.15) is 24.4 Å². The highest BCUT2D eigenvalue weighted by atomic mass is 127. The van der Waals surface area contributed by atoms with E-state index in [1.54, 1.807) is 19.9 Å². The molecule has 1 heterocycles. The van der Waals surface area contributed by atoms with Crippen LogP contribution in [0.3, 0.4) is 0 Å². The van der Waals surface area contributed by atoms with Crippen molar-refractivity contribution in [1.29, 1.82) is 0 Å². The second-order valence-corrected chi connectivity index (χ2v) is 5.30. The van der Waals surface area contributed by atoms with Gasteiger partial charge in [0.05, 0.1) is 0 Å². The van der Waals surface area contributed by atoms with E-state index in [1.165, 1.54) is 0 Å². The largest absolute Gasteiger partial charge is 0.387 e. The minimum atomic E-state index is -0.903. The van der Waals surface area contributed by atoms with Crippen molar-refractivity contribution in [2.24, 2.45) is 0 Å². The zero-order valence-electron chi connectivity index (χ0n) is 7.98. The second-order valence-electron chi connectivity index (χ2n) is 4.05. The van der Waals surface area contributed by atoms with Crippen LogP contribution in [0.25, 0.3) is 0 Å². The van der Waals surface area contributed by atoms with Crippen LogP contribution in [0.4, 0.5) is 0 Å². The Morgan fingerprint density at radius 1 is 1.36 bits per heavy atom. The fraction of sp³-hybridized carbons (Fsp3) is 0.778. The normalized spacial score (nSPS) is 45.9. The molecule has 0 aromatic rings. The number of aliphatic hydroxyl groups is 2. The lowest BCUT2D eigenvalue weighted by molar-refractivity contribution is -0.158. The van der Waals surface area contributed by atoms with Crippen LogP contribution in [0.1, 0.15) is 13.8 Å². The van der Waals surface area contributed by atoms with Crippen molar-refractivity contribution >= 4 is 22.6 Å². The first-order valence-corrected chi connectivity index (χ1v) is 5.57. The number of hydrogen-bond acceptors (Lipinski definition) is 4. The summed E-state index contributed by atoms with van der Waals surface area (Å²) in [5.41, 5.74) is 0. The average molecular weight is 312 g/mol. The zero-order chi connectivity index (χ0) is 10.5. The molecule has 5 heteroatoms. The lowest BCUT2D eigenvalue weighted by Gasteiger charge is -2.29. The standard InChI is InChI=1S/C9H13IO4/c1-9(2)13-7-4(10)3-5(11)6(12)8(7)14-9/h3,5-8,11-12H,1-2H3/t5-,6-,7-,8+/m1/s1. The molecule has 1 aliphatic carbocycles. The number of hydrogen-bond donors (Lipinski definition) is 2. The van der Waals surface area contributed by atoms with E-state index in [4.69, 9.17) is 9.47 Å². The summed E-state index contributed by atoms with van der Waals surface area (Å²) in [4.78, 5) is 0. The Morgan fingerprint density at radius 2 is 2.00 bits per heavy atom. The summed E-state index contributed by atoms with van der Waals surface area (Å²) in [6.07, 6.45) is -0.862. The van der Waals surface area contributed by atoms with Gasteiger partial charge in [-0.25, -0.2) is 0 Å². The van der Waals surface area contributed by atoms with E-state index < -0.39 is 24.1 Å². The molecule has 0 aromatic heterocycles. The Balaban J connectivity index is 2.27. The summed E-state index contributed by atoms with van der Waals surface area (Å²) >= 11 is 2.10. The third-order valence-corrected chi connectivity index (χ3v) is 3.39. The van der Waals surface area contributed by atoms with Crippen LogP contribution in [0.15, 0.2) is 9.66 Å². The maximum Gasteiger partial charge on any atom is 0.164 e. The molecule has 0 unspecified atom stereocenters. The lowest BCUT2D eigenvalue weighted by atomic mass is 9.96. The molecule has 0 radical (unpaired) electrons. The van der Waals surface area contributed by atoms with Crippen molar-refractivity contribution in [2.45, 2.75) is 44.1 Å². The van der Waals surface area contributed by atoms with Crippen molar-refractivity contribution in [3.05, 3.63) is 9.66 Å². The van der Waals surface area contributed by atoms with Crippen molar-refractivity contribution < 1.29 is 19.7 Å². The molecule has 0 saturated carbocycles. The molecular formula is C9H13IO4. The first-order chi connectivity index (χ1) is 6.41. The topological polar surface area (TPSA) is 58.9 Å². The fourth-order valence-electron chi connectivity index (χ4n) is 1.80. The van der Waals surface area contributed by atoms with E-state index in [0.29, 0.717) is 0 Å². The van der Waals surface area contributed by atoms with Crippen LogP contribution in [0.5, 0.6) is 0 Å². The SMILES string of the molecule is CC1(C)O[C@H]2[C@H](O)[C@H](O)C=C(I)[C@H]2O1. The van der Waals surface area contributed by atoms with Gasteiger partial charge in [0.25, 0.3) is 0 Å². The number of ether oxygens (including phenoxy) is 2. The van der Waals surface area contributed by atoms with Gasteiger partial charge in [-0.05, 0) is 42.5 Å². The van der Waals surface area contributed by atoms with Crippen molar-refractivity contribution in [3.63, 3.8) is 0 Å². The molecule has 0 aromatic carbocycles. The summed E-state index contributed by atoms with van der Waals surface area (Å²) < 4.78 is 12.0. The third-order valence-electron chi connectivity index (χ3n) is 2.42. The first kappa shape index (κ1) is 10.8. The molecule has 2 N–H and O–H groups in total. The Morgan fingerprint density at radius 3 is 2.64 bits per heavy atom. The van der Waals surface area contributed by atoms with Gasteiger partial charge in [0, 0.05) is 3.58 Å². The number of aliphatic hydroxyl groups excluding tert-OH is 2. The molecule has 2 aliphatic rings. The molecular weight excluding hydrogens is 299 g/mol. The molecule has 2 rings (SSSR count). The van der Waals surface area contributed by atoms with E-state index >= 15 is 0 Å². The molecule has 1 aliphatic heterocycles. The molecule has 4 nitrogen and oxygen atoms in total. The van der Waals surface area contributed by atoms with Crippen LogP contribution in [-0.4, -0.2) is 40.4 Å². The van der Waals surface area contributed by atoms with Gasteiger partial charge in [0.2, 0.25) is 0 Å². The van der Waals surface area contributed by atoms with Crippen molar-refractivity contribution in [3.8, 4) is 0 Å². The molecule has 80 valence electrons. The molecule has 0 bridgehead atoms. The van der Waals surface area contributed by atoms with E-state index in [9.17, 15) is 10.2 Å². The van der Waals surface area contributed by atoms with Gasteiger partial charge in [0.15, 0.2) is 5.79 Å². The van der Waals surface area contributed by atoms with Gasteiger partial charge >= 0.3 is 0 Å². The van der Waals surface area contributed by atoms with Gasteiger partial charge in [-0.1, -0.05) is 0 Å². The Hall–Kier alpha value is 0.310. The van der Waals surface area contributed by atoms with Crippen LogP contribution >= 0.6 is 22.6 Å². The van der Waals surface area contributed by atoms with Crippen LogP contribution < -0.4 is 0 Å². The Labute approximate surface area is 96.0 Å². The van der Waals surface area contributed by atoms with Crippen LogP contribution in [0.2, 0.25) is 0 Å². The summed E-state index contributed by atoms with van der Waals surface area (Å²) in [5.74, 6) is -0.690. The highest BCUT2D eigenvalue weighted by Crippen LogP contribution is 2.39. The molecule has 1 fully saturated rings. The highest BCUT2D eigenvalue weighted by molar-refractivity contribution is 14.1. The fourth-order valence-corrected chi connectivity index (χ4v) is 2.65. The second kappa shape index (κ2) is 3.41. The third kappa shape index (κ3) is 1.71. The van der Waals surface area contributed by atoms with Gasteiger partial charge < -0.3 is 19.7 Å². The number of fused-ring (bicyclic) bond motifs is 1. The van der Waals surface area contributed by atoms with Gasteiger partial charge in [-0.15, -0.1) is 0 Å². The molecule has 4 atom stereocenters. The summed E-state index contributed by atoms with van der Waals surface area (Å²) in [6, 6.07) is 0. The molecule has 0 amide bonds. The lowest BCUT2D eigenvalue weighted by Crippen LogP contribution is -2.46. The smallest absolute Gasteiger partial charge is 0.164 e. The quantitative estimate of drug-likeness (QED) is 0.642. The van der Waals surface area contributed by atoms with Crippen LogP contribution in [-0.2, 0) is 9.47 Å². The van der Waals surface area contributed by atoms with E-state index in [2.05, 4.69) is 22.6 Å². The van der Waals surface area contributed by atoms with Crippen molar-refractivity contribution in [2.75, 3.05) is 0 Å². The zero-order valence-corrected chi connectivity index (χ0v) is 10.1. The Kier molecular flexibility index (Phi) is 2.64. The number of halogens is 1. The van der Waals surface area contributed by atoms with E-state index in [1.807, 2.05) is 0 Å². The van der Waals surface area contributed by atoms with Gasteiger partial charge in [-0.2, -0.15) is 0 Å². The average Bonchev–Trinajstić information content (AvgIpc) is 2.38. The predicted octanol–water partition coefficient (Wildman–Crippen LogP) is 0.561. The van der Waals surface area contributed by atoms with Gasteiger partial charge in [-0.3, -0.25) is 0 Å². The maximum atomic E-state index is 9.69. The number of rotatable bonds is 0. The van der Waals surface area contributed by atoms with Crippen LogP contribution in [0, 0.1) is 0 Å². The summed E-state index contributed by atoms with van der Waals surface area (Å²) in [7, 11) is 0. The minimum absolute atomic E-state index is 0.246. The Bertz CT molecular complexity index is 276. The van der Waals surface area contributed by atoms with E-state index in [0.717, 1.165) is 3.58 Å². The minimum Gasteiger partial charge on any atom is -0.387 e.